The Hall–Kier alpha value is -4.98. The van der Waals surface area contributed by atoms with E-state index in [0.717, 1.165) is 16.7 Å². The van der Waals surface area contributed by atoms with E-state index in [-0.39, 0.29) is 38.4 Å². The Bertz CT molecular complexity index is 1550. The fourth-order valence-corrected chi connectivity index (χ4v) is 4.91. The second-order valence-electron chi connectivity index (χ2n) is 9.68. The minimum Gasteiger partial charge on any atom is -0.454 e. The van der Waals surface area contributed by atoms with Gasteiger partial charge in [-0.05, 0) is 53.4 Å². The third-order valence-electron chi connectivity index (χ3n) is 7.03. The molecule has 0 fully saturated rings. The smallest absolute Gasteiger partial charge is 0.251 e. The van der Waals surface area contributed by atoms with Crippen LogP contribution in [0.15, 0.2) is 91.0 Å². The molecule has 1 atom stereocenters. The summed E-state index contributed by atoms with van der Waals surface area (Å²) in [5.74, 6) is 1.74. The molecule has 0 spiro atoms. The number of carbonyl (C=O) groups excluding carboxylic acids is 2. The lowest BCUT2D eigenvalue weighted by Gasteiger charge is -2.32. The topological polar surface area (TPSA) is 86.3 Å². The average molecular weight is 537 g/mol. The number of rotatable bonds is 8. The number of amides is 2. The molecule has 2 amide bonds. The van der Waals surface area contributed by atoms with E-state index in [1.54, 1.807) is 41.3 Å². The number of nitrogens with zero attached hydrogens (tertiary/aromatic N) is 1. The maximum atomic E-state index is 14.1. The highest BCUT2D eigenvalue weighted by Crippen LogP contribution is 2.38. The van der Waals surface area contributed by atoms with Crippen LogP contribution in [0, 0.1) is 6.92 Å². The summed E-state index contributed by atoms with van der Waals surface area (Å²) >= 11 is 0. The number of hydrogen-bond donors (Lipinski definition) is 1. The average Bonchev–Trinajstić information content (AvgIpc) is 3.63. The van der Waals surface area contributed by atoms with Gasteiger partial charge in [0.05, 0.1) is 6.42 Å². The van der Waals surface area contributed by atoms with E-state index < -0.39 is 6.04 Å². The van der Waals surface area contributed by atoms with E-state index in [4.69, 9.17) is 18.9 Å². The van der Waals surface area contributed by atoms with Crippen LogP contribution < -0.4 is 24.3 Å². The molecule has 6 rings (SSSR count). The molecule has 0 aliphatic carbocycles. The van der Waals surface area contributed by atoms with Gasteiger partial charge in [-0.3, -0.25) is 9.59 Å². The number of anilines is 1. The van der Waals surface area contributed by atoms with Gasteiger partial charge >= 0.3 is 0 Å². The standard InChI is InChI=1S/C32H28N2O6/c1-21-7-5-6-10-24(21)18-34(30(35)15-22-8-3-2-4-9-22)31(23-11-13-26-28(16-23)39-19-37-26)32(36)33-25-12-14-27-29(17-25)40-20-38-27/h2-14,16-17,31H,15,18-20H2,1H3,(H,33,36). The lowest BCUT2D eigenvalue weighted by Crippen LogP contribution is -2.41. The van der Waals surface area contributed by atoms with E-state index in [0.29, 0.717) is 34.2 Å². The van der Waals surface area contributed by atoms with E-state index in [9.17, 15) is 9.59 Å². The van der Waals surface area contributed by atoms with Gasteiger partial charge in [-0.1, -0.05) is 60.7 Å². The van der Waals surface area contributed by atoms with Crippen LogP contribution in [-0.2, 0) is 22.6 Å². The monoisotopic (exact) mass is 536 g/mol. The molecule has 0 saturated heterocycles. The summed E-state index contributed by atoms with van der Waals surface area (Å²) in [6, 6.07) is 27.0. The molecule has 2 aliphatic heterocycles. The van der Waals surface area contributed by atoms with Gasteiger partial charge < -0.3 is 29.2 Å². The summed E-state index contributed by atoms with van der Waals surface area (Å²) in [5.41, 5.74) is 3.98. The van der Waals surface area contributed by atoms with Gasteiger partial charge in [-0.25, -0.2) is 0 Å². The van der Waals surface area contributed by atoms with E-state index >= 15 is 0 Å². The Kier molecular flexibility index (Phi) is 6.97. The SMILES string of the molecule is Cc1ccccc1CN(C(=O)Cc1ccccc1)C(C(=O)Nc1ccc2c(c1)OCO2)c1ccc2c(c1)OCO2. The molecule has 2 aliphatic rings. The number of hydrogen-bond acceptors (Lipinski definition) is 6. The molecule has 0 aromatic heterocycles. The van der Waals surface area contributed by atoms with Crippen molar-refractivity contribution in [3.05, 3.63) is 113 Å². The van der Waals surface area contributed by atoms with Crippen LogP contribution in [-0.4, -0.2) is 30.3 Å². The van der Waals surface area contributed by atoms with Crippen LogP contribution in [0.25, 0.3) is 0 Å². The number of benzene rings is 4. The Morgan fingerprint density at radius 1 is 0.775 bits per heavy atom. The molecule has 0 saturated carbocycles. The van der Waals surface area contributed by atoms with Crippen molar-refractivity contribution in [2.24, 2.45) is 0 Å². The highest BCUT2D eigenvalue weighted by atomic mass is 16.7. The molecule has 4 aromatic carbocycles. The molecule has 4 aromatic rings. The second-order valence-corrected chi connectivity index (χ2v) is 9.68. The van der Waals surface area contributed by atoms with Crippen LogP contribution in [0.5, 0.6) is 23.0 Å². The lowest BCUT2D eigenvalue weighted by atomic mass is 9.99. The molecular formula is C32H28N2O6. The summed E-state index contributed by atoms with van der Waals surface area (Å²) < 4.78 is 22.0. The third kappa shape index (κ3) is 5.29. The molecule has 40 heavy (non-hydrogen) atoms. The molecule has 0 bridgehead atoms. The third-order valence-corrected chi connectivity index (χ3v) is 7.03. The van der Waals surface area contributed by atoms with Crippen LogP contribution >= 0.6 is 0 Å². The fraction of sp³-hybridized carbons (Fsp3) is 0.188. The minimum absolute atomic E-state index is 0.104. The summed E-state index contributed by atoms with van der Waals surface area (Å²) in [5, 5.41) is 3.00. The fourth-order valence-electron chi connectivity index (χ4n) is 4.91. The molecule has 202 valence electrons. The molecule has 1 unspecified atom stereocenters. The van der Waals surface area contributed by atoms with Crippen molar-refractivity contribution >= 4 is 17.5 Å². The van der Waals surface area contributed by atoms with Crippen LogP contribution in [0.2, 0.25) is 0 Å². The van der Waals surface area contributed by atoms with E-state index in [1.807, 2.05) is 61.5 Å². The van der Waals surface area contributed by atoms with Crippen molar-refractivity contribution in [2.75, 3.05) is 18.9 Å². The summed E-state index contributed by atoms with van der Waals surface area (Å²) in [6.45, 7) is 2.47. The minimum atomic E-state index is -0.962. The summed E-state index contributed by atoms with van der Waals surface area (Å²) in [7, 11) is 0. The Labute approximate surface area is 232 Å². The van der Waals surface area contributed by atoms with Gasteiger partial charge in [0, 0.05) is 18.3 Å². The lowest BCUT2D eigenvalue weighted by molar-refractivity contribution is -0.139. The van der Waals surface area contributed by atoms with E-state index in [2.05, 4.69) is 5.32 Å². The predicted molar refractivity (Wildman–Crippen MR) is 148 cm³/mol. The zero-order valence-corrected chi connectivity index (χ0v) is 22.0. The first-order chi connectivity index (χ1) is 19.5. The Morgan fingerprint density at radius 3 is 2.17 bits per heavy atom. The quantitative estimate of drug-likeness (QED) is 0.324. The first-order valence-corrected chi connectivity index (χ1v) is 13.0. The summed E-state index contributed by atoms with van der Waals surface area (Å²) in [4.78, 5) is 29.8. The van der Waals surface area contributed by atoms with Gasteiger partial charge in [-0.15, -0.1) is 0 Å². The molecule has 8 heteroatoms. The largest absolute Gasteiger partial charge is 0.454 e. The number of carbonyl (C=O) groups is 2. The van der Waals surface area contributed by atoms with Crippen molar-refractivity contribution < 1.29 is 28.5 Å². The highest BCUT2D eigenvalue weighted by Gasteiger charge is 2.33. The molecule has 0 radical (unpaired) electrons. The van der Waals surface area contributed by atoms with Crippen LogP contribution in [0.3, 0.4) is 0 Å². The van der Waals surface area contributed by atoms with Gasteiger partial charge in [0.15, 0.2) is 23.0 Å². The van der Waals surface area contributed by atoms with Crippen molar-refractivity contribution in [1.29, 1.82) is 0 Å². The molecule has 8 nitrogen and oxygen atoms in total. The maximum absolute atomic E-state index is 14.1. The molecule has 1 N–H and O–H groups in total. The first-order valence-electron chi connectivity index (χ1n) is 13.0. The number of nitrogens with one attached hydrogen (secondary N) is 1. The van der Waals surface area contributed by atoms with Crippen molar-refractivity contribution in [3.63, 3.8) is 0 Å². The van der Waals surface area contributed by atoms with Crippen LogP contribution in [0.4, 0.5) is 5.69 Å². The predicted octanol–water partition coefficient (Wildman–Crippen LogP) is 5.40. The summed E-state index contributed by atoms with van der Waals surface area (Å²) in [6.07, 6.45) is 0.144. The number of aryl methyl sites for hydroxylation is 1. The Balaban J connectivity index is 1.40. The first kappa shape index (κ1) is 25.3. The zero-order chi connectivity index (χ0) is 27.5. The second kappa shape index (κ2) is 11.0. The normalized spacial score (nSPS) is 13.5. The van der Waals surface area contributed by atoms with Crippen molar-refractivity contribution in [3.8, 4) is 23.0 Å². The van der Waals surface area contributed by atoms with Gasteiger partial charge in [0.25, 0.3) is 5.91 Å². The van der Waals surface area contributed by atoms with Gasteiger partial charge in [0.1, 0.15) is 6.04 Å². The highest BCUT2D eigenvalue weighted by molar-refractivity contribution is 5.98. The van der Waals surface area contributed by atoms with E-state index in [1.165, 1.54) is 0 Å². The van der Waals surface area contributed by atoms with Gasteiger partial charge in [0.2, 0.25) is 19.5 Å². The van der Waals surface area contributed by atoms with Crippen molar-refractivity contribution in [2.45, 2.75) is 25.9 Å². The molecule has 2 heterocycles. The van der Waals surface area contributed by atoms with Crippen molar-refractivity contribution in [1.82, 2.24) is 4.90 Å². The van der Waals surface area contributed by atoms with Crippen LogP contribution in [0.1, 0.15) is 28.3 Å². The Morgan fingerprint density at radius 2 is 1.43 bits per heavy atom. The maximum Gasteiger partial charge on any atom is 0.251 e. The zero-order valence-electron chi connectivity index (χ0n) is 22.0. The van der Waals surface area contributed by atoms with Gasteiger partial charge in [-0.2, -0.15) is 0 Å². The molecular weight excluding hydrogens is 508 g/mol. The number of ether oxygens (including phenoxy) is 4. The number of fused-ring (bicyclic) bond motifs is 2.